The van der Waals surface area contributed by atoms with Gasteiger partial charge in [0.1, 0.15) is 0 Å². The number of anilines is 1. The van der Waals surface area contributed by atoms with Gasteiger partial charge in [-0.25, -0.2) is 0 Å². The van der Waals surface area contributed by atoms with Gasteiger partial charge < -0.3 is 15.4 Å². The topological polar surface area (TPSA) is 84.5 Å². The highest BCUT2D eigenvalue weighted by Crippen LogP contribution is 2.27. The van der Waals surface area contributed by atoms with Crippen LogP contribution in [0, 0.1) is 5.92 Å². The number of carbonyl (C=O) groups is 3. The van der Waals surface area contributed by atoms with Crippen molar-refractivity contribution in [2.75, 3.05) is 11.9 Å². The first kappa shape index (κ1) is 19.6. The van der Waals surface area contributed by atoms with Gasteiger partial charge in [-0.2, -0.15) is 0 Å². The number of nitrogens with one attached hydrogen (secondary N) is 2. The molecule has 6 nitrogen and oxygen atoms in total. The molecule has 28 heavy (non-hydrogen) atoms. The summed E-state index contributed by atoms with van der Waals surface area (Å²) in [6.07, 6.45) is 2.67. The highest BCUT2D eigenvalue weighted by atomic mass is 16.5. The fraction of sp³-hybridized carbons (Fsp3) is 0.318. The Morgan fingerprint density at radius 2 is 1.71 bits per heavy atom. The fourth-order valence-corrected chi connectivity index (χ4v) is 2.97. The lowest BCUT2D eigenvalue weighted by Gasteiger charge is -2.22. The molecule has 2 amide bonds. The van der Waals surface area contributed by atoms with Crippen molar-refractivity contribution in [1.29, 1.82) is 0 Å². The summed E-state index contributed by atoms with van der Waals surface area (Å²) in [5.74, 6) is -1.17. The number of hydrogen-bond acceptors (Lipinski definition) is 4. The molecule has 2 N–H and O–H groups in total. The number of ether oxygens (including phenoxy) is 1. The molecule has 0 aliphatic heterocycles. The summed E-state index contributed by atoms with van der Waals surface area (Å²) in [7, 11) is 0. The van der Waals surface area contributed by atoms with Crippen molar-refractivity contribution in [2.24, 2.45) is 5.92 Å². The third kappa shape index (κ3) is 4.97. The minimum atomic E-state index is -0.468. The Kier molecular flexibility index (Phi) is 6.42. The maximum Gasteiger partial charge on any atom is 0.309 e. The molecule has 6 heteroatoms. The van der Waals surface area contributed by atoms with Crippen LogP contribution in [0.3, 0.4) is 0 Å². The van der Waals surface area contributed by atoms with E-state index in [4.69, 9.17) is 4.74 Å². The van der Waals surface area contributed by atoms with Crippen LogP contribution in [-0.4, -0.2) is 24.4 Å². The molecule has 0 bridgehead atoms. The minimum absolute atomic E-state index is 0.0784. The number of benzene rings is 2. The summed E-state index contributed by atoms with van der Waals surface area (Å²) in [6, 6.07) is 16.2. The zero-order valence-corrected chi connectivity index (χ0v) is 15.8. The molecule has 1 saturated carbocycles. The molecule has 0 unspecified atom stereocenters. The Bertz CT molecular complexity index is 847. The minimum Gasteiger partial charge on any atom is -0.455 e. The van der Waals surface area contributed by atoms with Crippen LogP contribution in [0.4, 0.5) is 5.69 Å². The molecule has 1 fully saturated rings. The Morgan fingerprint density at radius 3 is 2.39 bits per heavy atom. The summed E-state index contributed by atoms with van der Waals surface area (Å²) in [5.41, 5.74) is 1.72. The molecule has 1 aliphatic carbocycles. The molecule has 146 valence electrons. The van der Waals surface area contributed by atoms with Crippen molar-refractivity contribution in [3.05, 3.63) is 65.7 Å². The Balaban J connectivity index is 1.59. The molecule has 3 rings (SSSR count). The van der Waals surface area contributed by atoms with Gasteiger partial charge in [0, 0.05) is 0 Å². The molecule has 0 spiro atoms. The van der Waals surface area contributed by atoms with Gasteiger partial charge in [-0.05, 0) is 37.5 Å². The van der Waals surface area contributed by atoms with Gasteiger partial charge in [0.05, 0.1) is 23.2 Å². The Hall–Kier alpha value is -3.15. The van der Waals surface area contributed by atoms with E-state index >= 15 is 0 Å². The second-order valence-corrected chi connectivity index (χ2v) is 6.94. The van der Waals surface area contributed by atoms with E-state index in [-0.39, 0.29) is 30.4 Å². The maximum absolute atomic E-state index is 12.7. The zero-order valence-electron chi connectivity index (χ0n) is 15.8. The fourth-order valence-electron chi connectivity index (χ4n) is 2.97. The quantitative estimate of drug-likeness (QED) is 0.721. The van der Waals surface area contributed by atoms with Crippen LogP contribution in [0.1, 0.15) is 48.1 Å². The molecule has 0 radical (unpaired) electrons. The third-order valence-corrected chi connectivity index (χ3v) is 4.88. The molecule has 0 heterocycles. The van der Waals surface area contributed by atoms with Crippen LogP contribution < -0.4 is 10.6 Å². The number of esters is 1. The van der Waals surface area contributed by atoms with Gasteiger partial charge in [0.25, 0.3) is 11.8 Å². The predicted molar refractivity (Wildman–Crippen MR) is 106 cm³/mol. The number of amides is 2. The normalized spacial score (nSPS) is 14.5. The molecule has 2 aromatic rings. The molecule has 0 saturated heterocycles. The number of hydrogen-bond donors (Lipinski definition) is 2. The van der Waals surface area contributed by atoms with Gasteiger partial charge in [-0.1, -0.05) is 48.9 Å². The van der Waals surface area contributed by atoms with E-state index in [0.29, 0.717) is 11.3 Å². The van der Waals surface area contributed by atoms with Crippen LogP contribution >= 0.6 is 0 Å². The zero-order chi connectivity index (χ0) is 19.9. The highest BCUT2D eigenvalue weighted by Gasteiger charge is 2.27. The van der Waals surface area contributed by atoms with Gasteiger partial charge in [-0.3, -0.25) is 14.4 Å². The summed E-state index contributed by atoms with van der Waals surface area (Å²) in [4.78, 5) is 36.6. The molecule has 1 atom stereocenters. The lowest BCUT2D eigenvalue weighted by molar-refractivity contribution is -0.154. The number of rotatable bonds is 7. The first-order chi connectivity index (χ1) is 13.5. The lowest BCUT2D eigenvalue weighted by Crippen LogP contribution is -2.30. The van der Waals surface area contributed by atoms with Crippen molar-refractivity contribution >= 4 is 23.5 Å². The highest BCUT2D eigenvalue weighted by molar-refractivity contribution is 6.04. The summed E-state index contributed by atoms with van der Waals surface area (Å²) < 4.78 is 5.05. The van der Waals surface area contributed by atoms with Crippen molar-refractivity contribution in [2.45, 2.75) is 32.2 Å². The smallest absolute Gasteiger partial charge is 0.309 e. The Labute approximate surface area is 164 Å². The van der Waals surface area contributed by atoms with E-state index in [1.165, 1.54) is 0 Å². The summed E-state index contributed by atoms with van der Waals surface area (Å²) in [6.45, 7) is 1.54. The van der Waals surface area contributed by atoms with Gasteiger partial charge in [0.2, 0.25) is 0 Å². The van der Waals surface area contributed by atoms with E-state index in [9.17, 15) is 14.4 Å². The van der Waals surface area contributed by atoms with Gasteiger partial charge >= 0.3 is 5.97 Å². The standard InChI is InChI=1S/C22H24N2O4/c1-15(16-8-3-2-4-9-16)23-21(26)18-12-5-6-13-19(18)24-20(25)14-28-22(27)17-10-7-11-17/h2-6,8-9,12-13,15,17H,7,10-11,14H2,1H3,(H,23,26)(H,24,25)/t15-/m0/s1. The van der Waals surface area contributed by atoms with Crippen molar-refractivity contribution in [3.8, 4) is 0 Å². The third-order valence-electron chi connectivity index (χ3n) is 4.88. The molecule has 1 aliphatic rings. The van der Waals surface area contributed by atoms with E-state index < -0.39 is 5.91 Å². The lowest BCUT2D eigenvalue weighted by atomic mass is 9.86. The first-order valence-corrected chi connectivity index (χ1v) is 9.46. The predicted octanol–water partition coefficient (Wildman–Crippen LogP) is 3.46. The van der Waals surface area contributed by atoms with Crippen molar-refractivity contribution < 1.29 is 19.1 Å². The SMILES string of the molecule is C[C@H](NC(=O)c1ccccc1NC(=O)COC(=O)C1CCC1)c1ccccc1. The monoisotopic (exact) mass is 380 g/mol. The van der Waals surface area contributed by atoms with Crippen LogP contribution in [0.25, 0.3) is 0 Å². The molecular formula is C22H24N2O4. The molecular weight excluding hydrogens is 356 g/mol. The average molecular weight is 380 g/mol. The second kappa shape index (κ2) is 9.17. The molecule has 0 aromatic heterocycles. The van der Waals surface area contributed by atoms with E-state index in [0.717, 1.165) is 24.8 Å². The van der Waals surface area contributed by atoms with Crippen LogP contribution in [0.15, 0.2) is 54.6 Å². The van der Waals surface area contributed by atoms with Crippen molar-refractivity contribution in [3.63, 3.8) is 0 Å². The van der Waals surface area contributed by atoms with Crippen LogP contribution in [-0.2, 0) is 14.3 Å². The van der Waals surface area contributed by atoms with E-state index in [2.05, 4.69) is 10.6 Å². The molecule has 2 aromatic carbocycles. The van der Waals surface area contributed by atoms with Crippen LogP contribution in [0.2, 0.25) is 0 Å². The number of para-hydroxylation sites is 1. The van der Waals surface area contributed by atoms with E-state index in [1.807, 2.05) is 37.3 Å². The maximum atomic E-state index is 12.7. The van der Waals surface area contributed by atoms with Crippen molar-refractivity contribution in [1.82, 2.24) is 5.32 Å². The second-order valence-electron chi connectivity index (χ2n) is 6.94. The van der Waals surface area contributed by atoms with Gasteiger partial charge in [0.15, 0.2) is 6.61 Å². The van der Waals surface area contributed by atoms with E-state index in [1.54, 1.807) is 24.3 Å². The summed E-state index contributed by atoms with van der Waals surface area (Å²) >= 11 is 0. The Morgan fingerprint density at radius 1 is 1.04 bits per heavy atom. The number of carbonyl (C=O) groups excluding carboxylic acids is 3. The van der Waals surface area contributed by atoms with Crippen LogP contribution in [0.5, 0.6) is 0 Å². The average Bonchev–Trinajstić information content (AvgIpc) is 2.66. The largest absolute Gasteiger partial charge is 0.455 e. The first-order valence-electron chi connectivity index (χ1n) is 9.46. The summed E-state index contributed by atoms with van der Waals surface area (Å²) in [5, 5.41) is 5.59. The van der Waals surface area contributed by atoms with Gasteiger partial charge in [-0.15, -0.1) is 0 Å².